The van der Waals surface area contributed by atoms with Gasteiger partial charge >= 0.3 is 6.03 Å². The minimum absolute atomic E-state index is 0.0185. The second-order valence-corrected chi connectivity index (χ2v) is 6.74. The third kappa shape index (κ3) is 4.78. The van der Waals surface area contributed by atoms with Crippen molar-refractivity contribution in [2.45, 2.75) is 39.0 Å². The van der Waals surface area contributed by atoms with Crippen LogP contribution in [0.5, 0.6) is 0 Å². The van der Waals surface area contributed by atoms with E-state index in [0.717, 1.165) is 43.1 Å². The Kier molecular flexibility index (Phi) is 5.64. The SMILES string of the molecule is Cc1cc(C)nc(CCNC(=O)N2CCC[C@H](c3ccccc3)C2)n1. The van der Waals surface area contributed by atoms with Gasteiger partial charge in [-0.15, -0.1) is 0 Å². The number of benzene rings is 1. The molecule has 5 nitrogen and oxygen atoms in total. The van der Waals surface area contributed by atoms with Crippen LogP contribution in [0.25, 0.3) is 0 Å². The summed E-state index contributed by atoms with van der Waals surface area (Å²) in [5, 5.41) is 3.02. The third-order valence-electron chi connectivity index (χ3n) is 4.63. The maximum Gasteiger partial charge on any atom is 0.317 e. The molecule has 25 heavy (non-hydrogen) atoms. The first kappa shape index (κ1) is 17.4. The summed E-state index contributed by atoms with van der Waals surface area (Å²) in [6.45, 7) is 6.11. The molecule has 1 aromatic heterocycles. The molecule has 1 saturated heterocycles. The fourth-order valence-electron chi connectivity index (χ4n) is 3.46. The summed E-state index contributed by atoms with van der Waals surface area (Å²) in [5.74, 6) is 1.22. The molecule has 0 saturated carbocycles. The zero-order valence-electron chi connectivity index (χ0n) is 15.0. The van der Waals surface area contributed by atoms with Gasteiger partial charge in [-0.1, -0.05) is 30.3 Å². The monoisotopic (exact) mass is 338 g/mol. The summed E-state index contributed by atoms with van der Waals surface area (Å²) < 4.78 is 0. The highest BCUT2D eigenvalue weighted by Crippen LogP contribution is 2.26. The van der Waals surface area contributed by atoms with Gasteiger partial charge in [0.2, 0.25) is 0 Å². The lowest BCUT2D eigenvalue weighted by atomic mass is 9.91. The van der Waals surface area contributed by atoms with Gasteiger partial charge in [0.25, 0.3) is 0 Å². The summed E-state index contributed by atoms with van der Waals surface area (Å²) in [6, 6.07) is 12.5. The second kappa shape index (κ2) is 8.10. The van der Waals surface area contributed by atoms with Crippen LogP contribution in [0.1, 0.15) is 41.5 Å². The fourth-order valence-corrected chi connectivity index (χ4v) is 3.46. The summed E-state index contributed by atoms with van der Waals surface area (Å²) in [7, 11) is 0. The third-order valence-corrected chi connectivity index (χ3v) is 4.63. The Hall–Kier alpha value is -2.43. The Balaban J connectivity index is 1.51. The number of rotatable bonds is 4. The Labute approximate surface area is 149 Å². The van der Waals surface area contributed by atoms with Crippen LogP contribution in [-0.4, -0.2) is 40.5 Å². The molecular weight excluding hydrogens is 312 g/mol. The van der Waals surface area contributed by atoms with Crippen LogP contribution < -0.4 is 5.32 Å². The van der Waals surface area contributed by atoms with E-state index in [4.69, 9.17) is 0 Å². The zero-order valence-corrected chi connectivity index (χ0v) is 15.0. The number of carbonyl (C=O) groups is 1. The lowest BCUT2D eigenvalue weighted by molar-refractivity contribution is 0.179. The first-order valence-corrected chi connectivity index (χ1v) is 9.00. The normalized spacial score (nSPS) is 17.4. The van der Waals surface area contributed by atoms with E-state index in [2.05, 4.69) is 39.6 Å². The Morgan fingerprint density at radius 1 is 1.20 bits per heavy atom. The molecule has 2 aromatic rings. The van der Waals surface area contributed by atoms with Crippen molar-refractivity contribution in [3.63, 3.8) is 0 Å². The molecule has 1 fully saturated rings. The van der Waals surface area contributed by atoms with Crippen molar-refractivity contribution < 1.29 is 4.79 Å². The fraction of sp³-hybridized carbons (Fsp3) is 0.450. The van der Waals surface area contributed by atoms with E-state index in [0.29, 0.717) is 18.9 Å². The molecule has 1 atom stereocenters. The number of aryl methyl sites for hydroxylation is 2. The maximum absolute atomic E-state index is 12.5. The van der Waals surface area contributed by atoms with Gasteiger partial charge in [0.15, 0.2) is 0 Å². The van der Waals surface area contributed by atoms with Gasteiger partial charge in [-0.2, -0.15) is 0 Å². The van der Waals surface area contributed by atoms with Crippen molar-refractivity contribution in [2.24, 2.45) is 0 Å². The van der Waals surface area contributed by atoms with E-state index >= 15 is 0 Å². The van der Waals surface area contributed by atoms with Crippen LogP contribution >= 0.6 is 0 Å². The van der Waals surface area contributed by atoms with E-state index in [1.165, 1.54) is 5.56 Å². The molecule has 2 heterocycles. The van der Waals surface area contributed by atoms with E-state index < -0.39 is 0 Å². The van der Waals surface area contributed by atoms with Gasteiger partial charge in [0, 0.05) is 43.4 Å². The number of carbonyl (C=O) groups excluding carboxylic acids is 1. The lowest BCUT2D eigenvalue weighted by Gasteiger charge is -2.33. The van der Waals surface area contributed by atoms with Gasteiger partial charge in [-0.3, -0.25) is 0 Å². The van der Waals surface area contributed by atoms with Crippen LogP contribution in [0.2, 0.25) is 0 Å². The molecule has 5 heteroatoms. The van der Waals surface area contributed by atoms with Crippen LogP contribution in [0.15, 0.2) is 36.4 Å². The molecule has 0 bridgehead atoms. The quantitative estimate of drug-likeness (QED) is 0.931. The summed E-state index contributed by atoms with van der Waals surface area (Å²) in [5.41, 5.74) is 3.26. The molecule has 2 amide bonds. The summed E-state index contributed by atoms with van der Waals surface area (Å²) in [6.07, 6.45) is 2.85. The van der Waals surface area contributed by atoms with Gasteiger partial charge in [-0.25, -0.2) is 14.8 Å². The minimum Gasteiger partial charge on any atom is -0.338 e. The van der Waals surface area contributed by atoms with Crippen LogP contribution in [0, 0.1) is 13.8 Å². The Bertz CT molecular complexity index is 697. The number of nitrogens with zero attached hydrogens (tertiary/aromatic N) is 3. The standard InChI is InChI=1S/C20H26N4O/c1-15-13-16(2)23-19(22-15)10-11-21-20(25)24-12-6-9-18(14-24)17-7-4-3-5-8-17/h3-5,7-8,13,18H,6,9-12,14H2,1-2H3,(H,21,25)/t18-/m0/s1. The predicted octanol–water partition coefficient (Wildman–Crippen LogP) is 3.23. The van der Waals surface area contributed by atoms with E-state index in [1.54, 1.807) is 0 Å². The predicted molar refractivity (Wildman–Crippen MR) is 98.6 cm³/mol. The Morgan fingerprint density at radius 2 is 1.92 bits per heavy atom. The van der Waals surface area contributed by atoms with Gasteiger partial charge < -0.3 is 10.2 Å². The molecule has 132 valence electrons. The highest BCUT2D eigenvalue weighted by Gasteiger charge is 2.24. The zero-order chi connectivity index (χ0) is 17.6. The average Bonchev–Trinajstić information content (AvgIpc) is 2.62. The highest BCUT2D eigenvalue weighted by molar-refractivity contribution is 5.74. The highest BCUT2D eigenvalue weighted by atomic mass is 16.2. The molecule has 0 unspecified atom stereocenters. The molecule has 1 aromatic carbocycles. The Morgan fingerprint density at radius 3 is 2.64 bits per heavy atom. The van der Waals surface area contributed by atoms with Crippen molar-refractivity contribution in [3.05, 3.63) is 59.2 Å². The smallest absolute Gasteiger partial charge is 0.317 e. The van der Waals surface area contributed by atoms with Crippen molar-refractivity contribution in [1.82, 2.24) is 20.2 Å². The number of amides is 2. The van der Waals surface area contributed by atoms with Crippen molar-refractivity contribution in [2.75, 3.05) is 19.6 Å². The van der Waals surface area contributed by atoms with Crippen LogP contribution in [-0.2, 0) is 6.42 Å². The van der Waals surface area contributed by atoms with E-state index in [9.17, 15) is 4.79 Å². The molecule has 0 radical (unpaired) electrons. The minimum atomic E-state index is 0.0185. The van der Waals surface area contributed by atoms with Gasteiger partial charge in [0.1, 0.15) is 5.82 Å². The number of hydrogen-bond donors (Lipinski definition) is 1. The van der Waals surface area contributed by atoms with Crippen molar-refractivity contribution in [3.8, 4) is 0 Å². The van der Waals surface area contributed by atoms with Crippen LogP contribution in [0.4, 0.5) is 4.79 Å². The average molecular weight is 338 g/mol. The molecule has 0 spiro atoms. The number of aromatic nitrogens is 2. The number of piperidine rings is 1. The largest absolute Gasteiger partial charge is 0.338 e. The topological polar surface area (TPSA) is 58.1 Å². The summed E-state index contributed by atoms with van der Waals surface area (Å²) >= 11 is 0. The van der Waals surface area contributed by atoms with Crippen molar-refractivity contribution in [1.29, 1.82) is 0 Å². The number of urea groups is 1. The van der Waals surface area contributed by atoms with Gasteiger partial charge in [0.05, 0.1) is 0 Å². The van der Waals surface area contributed by atoms with Crippen LogP contribution in [0.3, 0.4) is 0 Å². The maximum atomic E-state index is 12.5. The number of likely N-dealkylation sites (tertiary alicyclic amines) is 1. The molecule has 3 rings (SSSR count). The first-order chi connectivity index (χ1) is 12.1. The molecular formula is C20H26N4O. The van der Waals surface area contributed by atoms with E-state index in [-0.39, 0.29) is 6.03 Å². The molecule has 0 aliphatic carbocycles. The van der Waals surface area contributed by atoms with E-state index in [1.807, 2.05) is 30.9 Å². The molecule has 1 aliphatic rings. The first-order valence-electron chi connectivity index (χ1n) is 9.00. The molecule has 1 N–H and O–H groups in total. The van der Waals surface area contributed by atoms with Gasteiger partial charge in [-0.05, 0) is 38.3 Å². The lowest BCUT2D eigenvalue weighted by Crippen LogP contribution is -2.45. The number of nitrogens with one attached hydrogen (secondary N) is 1. The second-order valence-electron chi connectivity index (χ2n) is 6.74. The number of hydrogen-bond acceptors (Lipinski definition) is 3. The molecule has 1 aliphatic heterocycles. The summed E-state index contributed by atoms with van der Waals surface area (Å²) in [4.78, 5) is 23.2. The van der Waals surface area contributed by atoms with Crippen molar-refractivity contribution >= 4 is 6.03 Å².